The molecular formula is C19H24FN5O2. The Kier molecular flexibility index (Phi) is 5.83. The maximum atomic E-state index is 13.2. The number of hydrogen-bond donors (Lipinski definition) is 0. The topological polar surface area (TPSA) is 71.3 Å². The molecule has 1 aromatic carbocycles. The molecule has 1 aliphatic rings. The number of amides is 2. The molecule has 144 valence electrons. The number of carbonyl (C=O) groups excluding carboxylic acids is 2. The lowest BCUT2D eigenvalue weighted by molar-refractivity contribution is -0.131. The fourth-order valence-electron chi connectivity index (χ4n) is 3.48. The number of benzene rings is 1. The predicted molar refractivity (Wildman–Crippen MR) is 97.4 cm³/mol. The molecule has 0 unspecified atom stereocenters. The Morgan fingerprint density at radius 2 is 1.93 bits per heavy atom. The largest absolute Gasteiger partial charge is 0.342 e. The van der Waals surface area contributed by atoms with Crippen LogP contribution in [0.2, 0.25) is 0 Å². The van der Waals surface area contributed by atoms with E-state index in [1.165, 1.54) is 23.0 Å². The molecule has 2 heterocycles. The molecule has 1 aliphatic heterocycles. The molecule has 1 aromatic heterocycles. The van der Waals surface area contributed by atoms with Crippen LogP contribution >= 0.6 is 0 Å². The van der Waals surface area contributed by atoms with Crippen molar-refractivity contribution >= 4 is 11.8 Å². The number of likely N-dealkylation sites (tertiary alicyclic amines) is 1. The average Bonchev–Trinajstić information content (AvgIpc) is 3.32. The van der Waals surface area contributed by atoms with Crippen molar-refractivity contribution in [2.45, 2.75) is 39.3 Å². The summed E-state index contributed by atoms with van der Waals surface area (Å²) >= 11 is 0. The molecule has 3 rings (SSSR count). The van der Waals surface area contributed by atoms with E-state index < -0.39 is 0 Å². The zero-order chi connectivity index (χ0) is 19.4. The van der Waals surface area contributed by atoms with Crippen molar-refractivity contribution in [2.24, 2.45) is 0 Å². The fraction of sp³-hybridized carbons (Fsp3) is 0.474. The molecule has 0 saturated carbocycles. The third kappa shape index (κ3) is 4.15. The zero-order valence-electron chi connectivity index (χ0n) is 15.6. The van der Waals surface area contributed by atoms with E-state index >= 15 is 0 Å². The third-order valence-corrected chi connectivity index (χ3v) is 4.94. The van der Waals surface area contributed by atoms with E-state index in [1.807, 2.05) is 13.8 Å². The van der Waals surface area contributed by atoms with Crippen LogP contribution in [0.3, 0.4) is 0 Å². The summed E-state index contributed by atoms with van der Waals surface area (Å²) in [6.45, 7) is 5.77. The number of carbonyl (C=O) groups is 2. The van der Waals surface area contributed by atoms with Gasteiger partial charge in [0, 0.05) is 19.6 Å². The first-order valence-electron chi connectivity index (χ1n) is 9.27. The Bertz CT molecular complexity index is 801. The summed E-state index contributed by atoms with van der Waals surface area (Å²) in [6.07, 6.45) is 3.22. The number of aromatic nitrogens is 3. The summed E-state index contributed by atoms with van der Waals surface area (Å²) in [5, 5.41) is 7.89. The van der Waals surface area contributed by atoms with Crippen LogP contribution in [0.4, 0.5) is 4.39 Å². The number of rotatable bonds is 6. The molecule has 2 amide bonds. The fourth-order valence-corrected chi connectivity index (χ4v) is 3.48. The maximum absolute atomic E-state index is 13.2. The van der Waals surface area contributed by atoms with Crippen molar-refractivity contribution in [3.8, 4) is 0 Å². The van der Waals surface area contributed by atoms with E-state index in [0.717, 1.165) is 18.4 Å². The van der Waals surface area contributed by atoms with Gasteiger partial charge in [0.1, 0.15) is 12.4 Å². The average molecular weight is 373 g/mol. The number of hydrogen-bond acceptors (Lipinski definition) is 4. The van der Waals surface area contributed by atoms with Gasteiger partial charge in [-0.25, -0.2) is 9.07 Å². The lowest BCUT2D eigenvalue weighted by Gasteiger charge is -2.24. The minimum atomic E-state index is -0.296. The molecule has 0 N–H and O–H groups in total. The van der Waals surface area contributed by atoms with Gasteiger partial charge in [-0.2, -0.15) is 0 Å². The lowest BCUT2D eigenvalue weighted by Crippen LogP contribution is -2.33. The first-order valence-corrected chi connectivity index (χ1v) is 9.27. The van der Waals surface area contributed by atoms with E-state index in [0.29, 0.717) is 19.6 Å². The summed E-state index contributed by atoms with van der Waals surface area (Å²) in [7, 11) is 0. The summed E-state index contributed by atoms with van der Waals surface area (Å²) in [5.74, 6) is -0.576. The standard InChI is InChI=1S/C19H24FN5O2/c1-3-23(4-2)18(26)13-24-12-16(21-22-24)19(27)25-11-5-6-17(25)14-7-9-15(20)10-8-14/h7-10,12,17H,3-6,11,13H2,1-2H3/t17-/m0/s1. The molecule has 0 bridgehead atoms. The minimum Gasteiger partial charge on any atom is -0.342 e. The van der Waals surface area contributed by atoms with Crippen molar-refractivity contribution in [1.82, 2.24) is 24.8 Å². The highest BCUT2D eigenvalue weighted by atomic mass is 19.1. The molecule has 1 saturated heterocycles. The lowest BCUT2D eigenvalue weighted by atomic mass is 10.0. The molecule has 1 atom stereocenters. The Morgan fingerprint density at radius 1 is 1.22 bits per heavy atom. The van der Waals surface area contributed by atoms with Gasteiger partial charge in [0.2, 0.25) is 5.91 Å². The second-order valence-electron chi connectivity index (χ2n) is 6.58. The monoisotopic (exact) mass is 373 g/mol. The first kappa shape index (κ1) is 19.0. The van der Waals surface area contributed by atoms with Gasteiger partial charge in [-0.1, -0.05) is 17.3 Å². The van der Waals surface area contributed by atoms with Crippen LogP contribution in [-0.2, 0) is 11.3 Å². The van der Waals surface area contributed by atoms with Crippen molar-refractivity contribution in [1.29, 1.82) is 0 Å². The summed E-state index contributed by atoms with van der Waals surface area (Å²) in [5.41, 5.74) is 1.13. The molecule has 2 aromatic rings. The SMILES string of the molecule is CCN(CC)C(=O)Cn1cc(C(=O)N2CCC[C@H]2c2ccc(F)cc2)nn1. The summed E-state index contributed by atoms with van der Waals surface area (Å²) in [6, 6.07) is 6.15. The molecule has 0 radical (unpaired) electrons. The van der Waals surface area contributed by atoms with Gasteiger partial charge < -0.3 is 9.80 Å². The highest BCUT2D eigenvalue weighted by molar-refractivity contribution is 5.92. The first-order chi connectivity index (χ1) is 13.0. The highest BCUT2D eigenvalue weighted by Crippen LogP contribution is 2.32. The third-order valence-electron chi connectivity index (χ3n) is 4.94. The zero-order valence-corrected chi connectivity index (χ0v) is 15.6. The van der Waals surface area contributed by atoms with Gasteiger partial charge in [-0.3, -0.25) is 9.59 Å². The summed E-state index contributed by atoms with van der Waals surface area (Å²) < 4.78 is 14.6. The molecule has 0 aliphatic carbocycles. The van der Waals surface area contributed by atoms with Gasteiger partial charge >= 0.3 is 0 Å². The Morgan fingerprint density at radius 3 is 2.59 bits per heavy atom. The van der Waals surface area contributed by atoms with E-state index in [4.69, 9.17) is 0 Å². The Balaban J connectivity index is 1.71. The molecule has 7 nitrogen and oxygen atoms in total. The van der Waals surface area contributed by atoms with Crippen LogP contribution in [0.5, 0.6) is 0 Å². The quantitative estimate of drug-likeness (QED) is 0.779. The molecule has 1 fully saturated rings. The van der Waals surface area contributed by atoms with Crippen LogP contribution < -0.4 is 0 Å². The highest BCUT2D eigenvalue weighted by Gasteiger charge is 2.32. The molecule has 0 spiro atoms. The number of nitrogens with zero attached hydrogens (tertiary/aromatic N) is 5. The van der Waals surface area contributed by atoms with Gasteiger partial charge in [0.05, 0.1) is 12.2 Å². The predicted octanol–water partition coefficient (Wildman–Crippen LogP) is 2.26. The minimum absolute atomic E-state index is 0.0589. The van der Waals surface area contributed by atoms with E-state index in [1.54, 1.807) is 21.9 Å². The Labute approximate surface area is 157 Å². The van der Waals surface area contributed by atoms with Crippen molar-refractivity contribution in [3.63, 3.8) is 0 Å². The van der Waals surface area contributed by atoms with Crippen LogP contribution in [0.1, 0.15) is 48.8 Å². The normalized spacial score (nSPS) is 16.6. The van der Waals surface area contributed by atoms with E-state index in [9.17, 15) is 14.0 Å². The van der Waals surface area contributed by atoms with Crippen LogP contribution in [0, 0.1) is 5.82 Å². The van der Waals surface area contributed by atoms with Crippen LogP contribution in [-0.4, -0.2) is 56.2 Å². The van der Waals surface area contributed by atoms with Gasteiger partial charge in [0.15, 0.2) is 5.69 Å². The summed E-state index contributed by atoms with van der Waals surface area (Å²) in [4.78, 5) is 28.5. The smallest absolute Gasteiger partial charge is 0.276 e. The molecular weight excluding hydrogens is 349 g/mol. The Hall–Kier alpha value is -2.77. The van der Waals surface area contributed by atoms with Crippen molar-refractivity contribution in [2.75, 3.05) is 19.6 Å². The van der Waals surface area contributed by atoms with E-state index in [2.05, 4.69) is 10.3 Å². The molecule has 27 heavy (non-hydrogen) atoms. The van der Waals surface area contributed by atoms with E-state index in [-0.39, 0.29) is 35.9 Å². The molecule has 8 heteroatoms. The number of halogens is 1. The van der Waals surface area contributed by atoms with Gasteiger partial charge in [-0.05, 0) is 44.4 Å². The maximum Gasteiger partial charge on any atom is 0.276 e. The van der Waals surface area contributed by atoms with Gasteiger partial charge in [0.25, 0.3) is 5.91 Å². The second kappa shape index (κ2) is 8.28. The van der Waals surface area contributed by atoms with Crippen LogP contribution in [0.25, 0.3) is 0 Å². The second-order valence-corrected chi connectivity index (χ2v) is 6.58. The van der Waals surface area contributed by atoms with Crippen LogP contribution in [0.15, 0.2) is 30.5 Å². The van der Waals surface area contributed by atoms with Gasteiger partial charge in [-0.15, -0.1) is 5.10 Å². The van der Waals surface area contributed by atoms with Crippen molar-refractivity contribution < 1.29 is 14.0 Å². The number of likely N-dealkylation sites (N-methyl/N-ethyl adjacent to an activating group) is 1. The van der Waals surface area contributed by atoms with Crippen molar-refractivity contribution in [3.05, 3.63) is 47.5 Å².